The van der Waals surface area contributed by atoms with Gasteiger partial charge in [-0.05, 0) is 31.2 Å². The predicted octanol–water partition coefficient (Wildman–Crippen LogP) is -0.0779. The monoisotopic (exact) mass is 412 g/mol. The third-order valence-corrected chi connectivity index (χ3v) is 4.97. The van der Waals surface area contributed by atoms with Crippen LogP contribution in [0.15, 0.2) is 47.8 Å². The molecule has 1 amide bonds. The minimum absolute atomic E-state index is 0.0432. The second-order valence-corrected chi connectivity index (χ2v) is 6.77. The molecule has 1 aliphatic rings. The minimum atomic E-state index is -1.66. The summed E-state index contributed by atoms with van der Waals surface area (Å²) in [6.07, 6.45) is 2.61. The molecule has 11 nitrogen and oxygen atoms in total. The molecule has 1 aliphatic heterocycles. The molecular formula is C19H20N6O5. The molecule has 0 spiro atoms. The molecule has 11 heteroatoms. The van der Waals surface area contributed by atoms with Crippen LogP contribution in [0.2, 0.25) is 0 Å². The molecule has 1 aromatic carbocycles. The molecule has 0 aliphatic carbocycles. The number of aromatic nitrogens is 4. The first kappa shape index (κ1) is 19.6. The lowest BCUT2D eigenvalue weighted by Crippen LogP contribution is -2.33. The summed E-state index contributed by atoms with van der Waals surface area (Å²) in [7, 11) is 0. The van der Waals surface area contributed by atoms with Crippen LogP contribution in [0, 0.1) is 0 Å². The molecule has 4 rings (SSSR count). The van der Waals surface area contributed by atoms with Crippen molar-refractivity contribution in [2.24, 2.45) is 0 Å². The molecule has 4 N–H and O–H groups in total. The lowest BCUT2D eigenvalue weighted by molar-refractivity contribution is -0.0737. The maximum atomic E-state index is 13.0. The Morgan fingerprint density at radius 2 is 1.80 bits per heavy atom. The van der Waals surface area contributed by atoms with E-state index in [-0.39, 0.29) is 36.3 Å². The van der Waals surface area contributed by atoms with Crippen LogP contribution in [-0.4, -0.2) is 54.7 Å². The second-order valence-electron chi connectivity index (χ2n) is 6.77. The number of carbonyl (C=O) groups excluding carboxylic acids is 1. The van der Waals surface area contributed by atoms with Gasteiger partial charge in [-0.1, -0.05) is 0 Å². The summed E-state index contributed by atoms with van der Waals surface area (Å²) in [6, 6.07) is 5.98. The fourth-order valence-electron chi connectivity index (χ4n) is 3.24. The number of nitrogen functional groups attached to an aromatic ring is 1. The molecule has 0 radical (unpaired) electrons. The first-order valence-corrected chi connectivity index (χ1v) is 9.19. The fourth-order valence-corrected chi connectivity index (χ4v) is 3.24. The van der Waals surface area contributed by atoms with Crippen molar-refractivity contribution < 1.29 is 19.7 Å². The average Bonchev–Trinajstić information content (AvgIpc) is 3.02. The number of ether oxygens (including phenoxy) is 1. The third-order valence-electron chi connectivity index (χ3n) is 4.97. The summed E-state index contributed by atoms with van der Waals surface area (Å²) in [6.45, 7) is 2.05. The minimum Gasteiger partial charge on any atom is -0.475 e. The molecule has 0 saturated carbocycles. The largest absolute Gasteiger partial charge is 0.475 e. The number of benzene rings is 1. The lowest BCUT2D eigenvalue weighted by atomic mass is 10.2. The van der Waals surface area contributed by atoms with Gasteiger partial charge in [-0.2, -0.15) is 0 Å². The maximum Gasteiger partial charge on any atom is 0.333 e. The Balaban J connectivity index is 1.64. The number of aliphatic hydroxyl groups is 2. The zero-order valence-corrected chi connectivity index (χ0v) is 16.0. The van der Waals surface area contributed by atoms with E-state index < -0.39 is 18.0 Å². The summed E-state index contributed by atoms with van der Waals surface area (Å²) in [5.41, 5.74) is 6.70. The number of imidazole rings is 1. The van der Waals surface area contributed by atoms with Gasteiger partial charge in [0.1, 0.15) is 24.3 Å². The van der Waals surface area contributed by atoms with E-state index in [2.05, 4.69) is 9.97 Å². The molecule has 3 aromatic rings. The number of nitrogens with two attached hydrogens (primary N) is 1. The van der Waals surface area contributed by atoms with E-state index >= 15 is 0 Å². The molecule has 0 saturated heterocycles. The van der Waals surface area contributed by atoms with E-state index in [1.54, 1.807) is 24.3 Å². The zero-order chi connectivity index (χ0) is 21.4. The normalized spacial score (nSPS) is 14.9. The highest BCUT2D eigenvalue weighted by molar-refractivity contribution is 6.10. The van der Waals surface area contributed by atoms with Gasteiger partial charge in [0.15, 0.2) is 6.29 Å². The van der Waals surface area contributed by atoms with Crippen molar-refractivity contribution in [1.82, 2.24) is 19.1 Å². The van der Waals surface area contributed by atoms with E-state index in [4.69, 9.17) is 10.5 Å². The molecule has 156 valence electrons. The van der Waals surface area contributed by atoms with Crippen LogP contribution in [0.4, 0.5) is 11.5 Å². The number of aliphatic hydroxyl groups excluding tert-OH is 1. The van der Waals surface area contributed by atoms with E-state index in [0.717, 1.165) is 0 Å². The number of anilines is 2. The maximum absolute atomic E-state index is 13.0. The zero-order valence-electron chi connectivity index (χ0n) is 16.0. The van der Waals surface area contributed by atoms with Gasteiger partial charge in [-0.15, -0.1) is 0 Å². The molecule has 0 fully saturated rings. The number of nitrogens with zero attached hydrogens (tertiary/aromatic N) is 5. The van der Waals surface area contributed by atoms with E-state index in [1.807, 2.05) is 0 Å². The third kappa shape index (κ3) is 3.29. The molecule has 1 unspecified atom stereocenters. The number of hydrogen-bond donors (Lipinski definition) is 3. The smallest absolute Gasteiger partial charge is 0.333 e. The van der Waals surface area contributed by atoms with Crippen LogP contribution in [0.3, 0.4) is 0 Å². The SMILES string of the molecule is CC(C(O)O)n1ccn(-c2ccc(N3CCOc4ncnc(N)c4C3=O)cc2)c1=O. The predicted molar refractivity (Wildman–Crippen MR) is 107 cm³/mol. The number of hydrogen-bond acceptors (Lipinski definition) is 8. The average molecular weight is 412 g/mol. The van der Waals surface area contributed by atoms with Crippen molar-refractivity contribution in [3.8, 4) is 11.6 Å². The van der Waals surface area contributed by atoms with Crippen LogP contribution < -0.4 is 21.1 Å². The number of amides is 1. The van der Waals surface area contributed by atoms with Crippen LogP contribution in [0.5, 0.6) is 5.88 Å². The Kier molecular flexibility index (Phi) is 4.98. The lowest BCUT2D eigenvalue weighted by Gasteiger charge is -2.20. The van der Waals surface area contributed by atoms with E-state index in [1.165, 1.54) is 39.7 Å². The first-order chi connectivity index (χ1) is 14.4. The van der Waals surface area contributed by atoms with Gasteiger partial charge < -0.3 is 25.6 Å². The fraction of sp³-hybridized carbons (Fsp3) is 0.263. The first-order valence-electron chi connectivity index (χ1n) is 9.19. The highest BCUT2D eigenvalue weighted by atomic mass is 16.5. The summed E-state index contributed by atoms with van der Waals surface area (Å²) < 4.78 is 8.12. The van der Waals surface area contributed by atoms with Crippen molar-refractivity contribution in [3.63, 3.8) is 0 Å². The molecule has 3 heterocycles. The Bertz CT molecular complexity index is 1140. The van der Waals surface area contributed by atoms with Gasteiger partial charge in [0.25, 0.3) is 5.91 Å². The van der Waals surface area contributed by atoms with Crippen LogP contribution in [0.1, 0.15) is 23.3 Å². The van der Waals surface area contributed by atoms with Gasteiger partial charge in [0, 0.05) is 18.1 Å². The van der Waals surface area contributed by atoms with Gasteiger partial charge in [-0.25, -0.2) is 14.8 Å². The summed E-state index contributed by atoms with van der Waals surface area (Å²) in [5.74, 6) is -0.177. The van der Waals surface area contributed by atoms with Gasteiger partial charge in [-0.3, -0.25) is 13.9 Å². The van der Waals surface area contributed by atoms with Crippen molar-refractivity contribution in [2.45, 2.75) is 19.3 Å². The number of rotatable bonds is 4. The quantitative estimate of drug-likeness (QED) is 0.504. The van der Waals surface area contributed by atoms with Gasteiger partial charge in [0.05, 0.1) is 18.3 Å². The second kappa shape index (κ2) is 7.61. The molecule has 30 heavy (non-hydrogen) atoms. The van der Waals surface area contributed by atoms with Gasteiger partial charge >= 0.3 is 5.69 Å². The van der Waals surface area contributed by atoms with Crippen molar-refractivity contribution in [1.29, 1.82) is 0 Å². The van der Waals surface area contributed by atoms with E-state index in [0.29, 0.717) is 11.4 Å². The Morgan fingerprint density at radius 1 is 1.10 bits per heavy atom. The number of fused-ring (bicyclic) bond motifs is 1. The van der Waals surface area contributed by atoms with Crippen molar-refractivity contribution in [2.75, 3.05) is 23.8 Å². The van der Waals surface area contributed by atoms with Gasteiger partial charge in [0.2, 0.25) is 5.88 Å². The summed E-state index contributed by atoms with van der Waals surface area (Å²) >= 11 is 0. The van der Waals surface area contributed by atoms with Crippen LogP contribution in [0.25, 0.3) is 5.69 Å². The molecule has 0 bridgehead atoms. The highest BCUT2D eigenvalue weighted by Gasteiger charge is 2.28. The Labute approximate surface area is 170 Å². The molecular weight excluding hydrogens is 392 g/mol. The van der Waals surface area contributed by atoms with Crippen molar-refractivity contribution in [3.05, 3.63) is 59.0 Å². The molecule has 1 atom stereocenters. The standard InChI is InChI=1S/C19H20N6O5/c1-11(18(27)28)23-6-7-25(19(23)29)13-4-2-12(3-5-13)24-8-9-30-16-14(17(24)26)15(20)21-10-22-16/h2-7,10-11,18,27-28H,8-9H2,1H3,(H2,20,21,22). The topological polar surface area (TPSA) is 149 Å². The summed E-state index contributed by atoms with van der Waals surface area (Å²) in [4.78, 5) is 34.9. The van der Waals surface area contributed by atoms with Crippen LogP contribution in [-0.2, 0) is 0 Å². The number of carbonyl (C=O) groups is 1. The van der Waals surface area contributed by atoms with E-state index in [9.17, 15) is 19.8 Å². The highest BCUT2D eigenvalue weighted by Crippen LogP contribution is 2.27. The van der Waals surface area contributed by atoms with Crippen molar-refractivity contribution >= 4 is 17.4 Å². The Morgan fingerprint density at radius 3 is 2.50 bits per heavy atom. The Hall–Kier alpha value is -3.70. The molecule has 2 aromatic heterocycles. The summed E-state index contributed by atoms with van der Waals surface area (Å²) in [5, 5.41) is 18.6. The van der Waals surface area contributed by atoms with Crippen LogP contribution >= 0.6 is 0 Å².